The number of nitrogens with zero attached hydrogens (tertiary/aromatic N) is 3. The second kappa shape index (κ2) is 10.3. The molecule has 3 heterocycles. The molecule has 0 aliphatic carbocycles. The number of carbonyl (C=O) groups excluding carboxylic acids is 1. The van der Waals surface area contributed by atoms with Crippen molar-refractivity contribution < 1.29 is 4.79 Å². The maximum absolute atomic E-state index is 12.8. The Kier molecular flexibility index (Phi) is 6.82. The molecule has 182 valence electrons. The van der Waals surface area contributed by atoms with E-state index in [2.05, 4.69) is 62.5 Å². The third-order valence-electron chi connectivity index (χ3n) is 6.54. The molecule has 2 aromatic heterocycles. The molecule has 1 aliphatic rings. The Bertz CT molecular complexity index is 1380. The fraction of sp³-hybridized carbons (Fsp3) is 0.207. The van der Waals surface area contributed by atoms with E-state index < -0.39 is 0 Å². The predicted molar refractivity (Wildman–Crippen MR) is 147 cm³/mol. The Morgan fingerprint density at radius 1 is 1.03 bits per heavy atom. The van der Waals surface area contributed by atoms with Gasteiger partial charge in [0.1, 0.15) is 0 Å². The van der Waals surface area contributed by atoms with Crippen LogP contribution in [0.5, 0.6) is 0 Å². The van der Waals surface area contributed by atoms with Crippen LogP contribution >= 0.6 is 12.2 Å². The third kappa shape index (κ3) is 4.88. The van der Waals surface area contributed by atoms with Gasteiger partial charge >= 0.3 is 0 Å². The molecule has 2 atom stereocenters. The summed E-state index contributed by atoms with van der Waals surface area (Å²) in [5, 5.41) is 7.12. The minimum Gasteiger partial charge on any atom is -0.352 e. The maximum Gasteiger partial charge on any atom is 0.226 e. The summed E-state index contributed by atoms with van der Waals surface area (Å²) in [5.74, 6) is -0.0438. The van der Waals surface area contributed by atoms with Crippen LogP contribution in [-0.2, 0) is 4.79 Å². The summed E-state index contributed by atoms with van der Waals surface area (Å²) in [6.45, 7) is 4.60. The zero-order valence-electron chi connectivity index (χ0n) is 20.4. The number of benzene rings is 2. The fourth-order valence-electron chi connectivity index (χ4n) is 4.82. The number of anilines is 1. The van der Waals surface area contributed by atoms with Crippen molar-refractivity contribution >= 4 is 28.9 Å². The van der Waals surface area contributed by atoms with Crippen LogP contribution in [0.4, 0.5) is 5.69 Å². The van der Waals surface area contributed by atoms with E-state index in [9.17, 15) is 4.79 Å². The lowest BCUT2D eigenvalue weighted by Gasteiger charge is -2.29. The van der Waals surface area contributed by atoms with E-state index in [4.69, 9.17) is 12.2 Å². The van der Waals surface area contributed by atoms with Gasteiger partial charge in [0.05, 0.1) is 17.8 Å². The molecular weight excluding hydrogens is 466 g/mol. The van der Waals surface area contributed by atoms with Gasteiger partial charge in [0.2, 0.25) is 5.91 Å². The first-order valence-corrected chi connectivity index (χ1v) is 12.5. The molecule has 2 aromatic carbocycles. The molecular formula is C29H29N5OS. The van der Waals surface area contributed by atoms with Gasteiger partial charge < -0.3 is 20.1 Å². The van der Waals surface area contributed by atoms with Crippen molar-refractivity contribution in [3.8, 4) is 5.69 Å². The summed E-state index contributed by atoms with van der Waals surface area (Å²) in [4.78, 5) is 19.6. The molecule has 1 saturated heterocycles. The first kappa shape index (κ1) is 23.8. The van der Waals surface area contributed by atoms with Crippen molar-refractivity contribution in [2.24, 2.45) is 0 Å². The first-order valence-electron chi connectivity index (χ1n) is 12.1. The number of hydrogen-bond donors (Lipinski definition) is 2. The van der Waals surface area contributed by atoms with Gasteiger partial charge in [-0.25, -0.2) is 0 Å². The number of para-hydroxylation sites is 1. The maximum atomic E-state index is 12.8. The molecule has 6 nitrogen and oxygen atoms in total. The van der Waals surface area contributed by atoms with Gasteiger partial charge in [0.25, 0.3) is 0 Å². The number of aromatic nitrogens is 2. The SMILES string of the molecule is Cc1cccc(NC(=O)CCN2C(=S)N[C@H](c3ccccn3)[C@H]2c2cccn2-c2ccccc2C)c1. The largest absolute Gasteiger partial charge is 0.352 e. The van der Waals surface area contributed by atoms with Gasteiger partial charge in [-0.15, -0.1) is 0 Å². The third-order valence-corrected chi connectivity index (χ3v) is 6.89. The summed E-state index contributed by atoms with van der Waals surface area (Å²) in [6, 6.07) is 26.0. The number of aryl methyl sites for hydroxylation is 2. The number of carbonyl (C=O) groups is 1. The quantitative estimate of drug-likeness (QED) is 0.332. The zero-order chi connectivity index (χ0) is 25.1. The van der Waals surface area contributed by atoms with Crippen molar-refractivity contribution in [2.45, 2.75) is 32.4 Å². The Labute approximate surface area is 217 Å². The van der Waals surface area contributed by atoms with E-state index >= 15 is 0 Å². The summed E-state index contributed by atoms with van der Waals surface area (Å²) < 4.78 is 2.21. The summed E-state index contributed by atoms with van der Waals surface area (Å²) >= 11 is 5.80. The lowest BCUT2D eigenvalue weighted by atomic mass is 10.0. The molecule has 0 saturated carbocycles. The van der Waals surface area contributed by atoms with Gasteiger partial charge in [0.15, 0.2) is 5.11 Å². The van der Waals surface area contributed by atoms with E-state index in [1.54, 1.807) is 6.20 Å². The minimum atomic E-state index is -0.142. The lowest BCUT2D eigenvalue weighted by Crippen LogP contribution is -2.33. The van der Waals surface area contributed by atoms with Crippen molar-refractivity contribution in [3.05, 3.63) is 114 Å². The van der Waals surface area contributed by atoms with Crippen molar-refractivity contribution in [1.29, 1.82) is 0 Å². The Morgan fingerprint density at radius 2 is 1.86 bits per heavy atom. The molecule has 36 heavy (non-hydrogen) atoms. The average molecular weight is 496 g/mol. The van der Waals surface area contributed by atoms with Crippen molar-refractivity contribution in [1.82, 2.24) is 19.8 Å². The average Bonchev–Trinajstić information content (AvgIpc) is 3.47. The second-order valence-corrected chi connectivity index (χ2v) is 9.46. The highest BCUT2D eigenvalue weighted by Gasteiger charge is 2.41. The predicted octanol–water partition coefficient (Wildman–Crippen LogP) is 5.49. The van der Waals surface area contributed by atoms with Crippen LogP contribution in [0.25, 0.3) is 5.69 Å². The normalized spacial score (nSPS) is 17.2. The molecule has 7 heteroatoms. The van der Waals surface area contributed by atoms with Crippen LogP contribution < -0.4 is 10.6 Å². The molecule has 1 aliphatic heterocycles. The number of hydrogen-bond acceptors (Lipinski definition) is 3. The highest BCUT2D eigenvalue weighted by Crippen LogP contribution is 2.39. The van der Waals surface area contributed by atoms with Gasteiger partial charge in [-0.3, -0.25) is 9.78 Å². The highest BCUT2D eigenvalue weighted by molar-refractivity contribution is 7.80. The van der Waals surface area contributed by atoms with E-state index in [-0.39, 0.29) is 18.0 Å². The lowest BCUT2D eigenvalue weighted by molar-refractivity contribution is -0.116. The van der Waals surface area contributed by atoms with Crippen LogP contribution in [-0.4, -0.2) is 32.0 Å². The Morgan fingerprint density at radius 3 is 2.64 bits per heavy atom. The van der Waals surface area contributed by atoms with E-state index in [0.29, 0.717) is 18.1 Å². The summed E-state index contributed by atoms with van der Waals surface area (Å²) in [7, 11) is 0. The van der Waals surface area contributed by atoms with Gasteiger partial charge in [-0.2, -0.15) is 0 Å². The number of pyridine rings is 1. The van der Waals surface area contributed by atoms with Crippen molar-refractivity contribution in [2.75, 3.05) is 11.9 Å². The van der Waals surface area contributed by atoms with E-state index in [1.807, 2.05) is 61.5 Å². The van der Waals surface area contributed by atoms with Crippen LogP contribution in [0.1, 0.15) is 41.0 Å². The number of amides is 1. The first-order chi connectivity index (χ1) is 17.5. The highest BCUT2D eigenvalue weighted by atomic mass is 32.1. The monoisotopic (exact) mass is 495 g/mol. The van der Waals surface area contributed by atoms with Crippen LogP contribution in [0.3, 0.4) is 0 Å². The molecule has 0 radical (unpaired) electrons. The Hall–Kier alpha value is -3.97. The Balaban J connectivity index is 1.45. The van der Waals surface area contributed by atoms with Crippen LogP contribution in [0.2, 0.25) is 0 Å². The summed E-state index contributed by atoms with van der Waals surface area (Å²) in [5.41, 5.74) is 6.21. The zero-order valence-corrected chi connectivity index (χ0v) is 21.2. The molecule has 5 rings (SSSR count). The number of nitrogens with one attached hydrogen (secondary N) is 2. The van der Waals surface area contributed by atoms with Crippen LogP contribution in [0.15, 0.2) is 91.3 Å². The minimum absolute atomic E-state index is 0.0438. The standard InChI is InChI=1S/C29H29N5OS/c1-20-9-7-11-22(19-20)31-26(35)15-18-34-28(27(32-29(34)36)23-12-5-6-16-30-23)25-14-8-17-33(25)24-13-4-3-10-21(24)2/h3-14,16-17,19,27-28H,15,18H2,1-2H3,(H,31,35)(H,32,36)/t27-,28-/m1/s1. The number of rotatable bonds is 7. The van der Waals surface area contributed by atoms with Gasteiger partial charge in [-0.05, 0) is 79.7 Å². The topological polar surface area (TPSA) is 62.2 Å². The molecule has 1 fully saturated rings. The summed E-state index contributed by atoms with van der Waals surface area (Å²) in [6.07, 6.45) is 4.19. The molecule has 0 unspecified atom stereocenters. The fourth-order valence-corrected chi connectivity index (χ4v) is 5.16. The van der Waals surface area contributed by atoms with Gasteiger partial charge in [0, 0.05) is 42.4 Å². The molecule has 0 spiro atoms. The molecule has 4 aromatic rings. The second-order valence-electron chi connectivity index (χ2n) is 9.08. The smallest absolute Gasteiger partial charge is 0.226 e. The van der Waals surface area contributed by atoms with E-state index in [1.165, 1.54) is 5.56 Å². The molecule has 0 bridgehead atoms. The van der Waals surface area contributed by atoms with Gasteiger partial charge in [-0.1, -0.05) is 36.4 Å². The molecule has 1 amide bonds. The number of thiocarbonyl (C=S) groups is 1. The van der Waals surface area contributed by atoms with Crippen molar-refractivity contribution in [3.63, 3.8) is 0 Å². The van der Waals surface area contributed by atoms with E-state index in [0.717, 1.165) is 28.3 Å². The molecule has 2 N–H and O–H groups in total. The van der Waals surface area contributed by atoms with Crippen LogP contribution in [0, 0.1) is 13.8 Å².